The molecule has 82 valence electrons. The van der Waals surface area contributed by atoms with E-state index in [1.165, 1.54) is 5.56 Å². The van der Waals surface area contributed by atoms with Crippen LogP contribution in [0.2, 0.25) is 0 Å². The Morgan fingerprint density at radius 1 is 1.13 bits per heavy atom. The summed E-state index contributed by atoms with van der Waals surface area (Å²) in [5, 5.41) is 3.45. The number of nitrogens with one attached hydrogen (secondary N) is 1. The van der Waals surface area contributed by atoms with Gasteiger partial charge in [-0.1, -0.05) is 19.9 Å². The van der Waals surface area contributed by atoms with Crippen molar-refractivity contribution in [2.75, 3.05) is 6.79 Å². The molecule has 0 spiro atoms. The maximum atomic E-state index is 5.34. The van der Waals surface area contributed by atoms with E-state index in [1.54, 1.807) is 0 Å². The number of fused-ring (bicyclic) bond motifs is 1. The summed E-state index contributed by atoms with van der Waals surface area (Å²) in [6, 6.07) is 6.90. The smallest absolute Gasteiger partial charge is 0.231 e. The maximum absolute atomic E-state index is 5.34. The minimum atomic E-state index is 0.333. The normalized spacial score (nSPS) is 15.7. The fourth-order valence-corrected chi connectivity index (χ4v) is 1.78. The summed E-state index contributed by atoms with van der Waals surface area (Å²) in [5.41, 5.74) is 1.23. The summed E-state index contributed by atoms with van der Waals surface area (Å²) >= 11 is 0. The summed E-state index contributed by atoms with van der Waals surface area (Å²) in [4.78, 5) is 0. The molecular weight excluding hydrogens is 190 g/mol. The molecule has 0 saturated heterocycles. The third-order valence-electron chi connectivity index (χ3n) is 2.48. The van der Waals surface area contributed by atoms with Crippen LogP contribution in [0.5, 0.6) is 11.5 Å². The molecule has 3 nitrogen and oxygen atoms in total. The van der Waals surface area contributed by atoms with Crippen LogP contribution in [0.1, 0.15) is 32.4 Å². The van der Waals surface area contributed by atoms with E-state index in [2.05, 4.69) is 32.2 Å². The van der Waals surface area contributed by atoms with Gasteiger partial charge in [-0.25, -0.2) is 0 Å². The third kappa shape index (κ3) is 2.23. The van der Waals surface area contributed by atoms with Crippen LogP contribution in [0.4, 0.5) is 0 Å². The SMILES string of the molecule is CC(C)N[C@@H](C)c1ccc2c(c1)OCO2. The highest BCUT2D eigenvalue weighted by Crippen LogP contribution is 2.34. The van der Waals surface area contributed by atoms with Crippen molar-refractivity contribution in [1.29, 1.82) is 0 Å². The fraction of sp³-hybridized carbons (Fsp3) is 0.500. The lowest BCUT2D eigenvalue weighted by Crippen LogP contribution is -2.25. The number of hydrogen-bond donors (Lipinski definition) is 1. The highest BCUT2D eigenvalue weighted by molar-refractivity contribution is 5.45. The zero-order valence-electron chi connectivity index (χ0n) is 9.41. The molecule has 1 aromatic carbocycles. The Kier molecular flexibility index (Phi) is 2.82. The molecule has 1 aliphatic heterocycles. The van der Waals surface area contributed by atoms with Crippen molar-refractivity contribution in [1.82, 2.24) is 5.32 Å². The lowest BCUT2D eigenvalue weighted by molar-refractivity contribution is 0.174. The van der Waals surface area contributed by atoms with Gasteiger partial charge in [-0.05, 0) is 24.6 Å². The highest BCUT2D eigenvalue weighted by atomic mass is 16.7. The third-order valence-corrected chi connectivity index (χ3v) is 2.48. The first kappa shape index (κ1) is 10.3. The predicted octanol–water partition coefficient (Wildman–Crippen LogP) is 2.47. The molecular formula is C12H17NO2. The van der Waals surface area contributed by atoms with Crippen molar-refractivity contribution < 1.29 is 9.47 Å². The Bertz CT molecular complexity index is 349. The van der Waals surface area contributed by atoms with Gasteiger partial charge in [0.25, 0.3) is 0 Å². The molecule has 0 saturated carbocycles. The monoisotopic (exact) mass is 207 g/mol. The van der Waals surface area contributed by atoms with E-state index in [4.69, 9.17) is 9.47 Å². The van der Waals surface area contributed by atoms with Crippen LogP contribution < -0.4 is 14.8 Å². The zero-order chi connectivity index (χ0) is 10.8. The second-order valence-corrected chi connectivity index (χ2v) is 4.16. The molecule has 1 heterocycles. The van der Waals surface area contributed by atoms with Gasteiger partial charge in [-0.2, -0.15) is 0 Å². The average molecular weight is 207 g/mol. The molecule has 0 radical (unpaired) electrons. The predicted molar refractivity (Wildman–Crippen MR) is 59.3 cm³/mol. The molecule has 1 N–H and O–H groups in total. The van der Waals surface area contributed by atoms with Crippen molar-refractivity contribution in [3.63, 3.8) is 0 Å². The van der Waals surface area contributed by atoms with E-state index >= 15 is 0 Å². The number of rotatable bonds is 3. The van der Waals surface area contributed by atoms with Crippen molar-refractivity contribution in [2.45, 2.75) is 32.9 Å². The standard InChI is InChI=1S/C12H17NO2/c1-8(2)13-9(3)10-4-5-11-12(6-10)15-7-14-11/h4-6,8-9,13H,7H2,1-3H3/t9-/m0/s1. The Labute approximate surface area is 90.4 Å². The first-order chi connectivity index (χ1) is 7.16. The van der Waals surface area contributed by atoms with Gasteiger partial charge in [0.1, 0.15) is 0 Å². The molecule has 0 amide bonds. The maximum Gasteiger partial charge on any atom is 0.231 e. The summed E-state index contributed by atoms with van der Waals surface area (Å²) in [7, 11) is 0. The first-order valence-electron chi connectivity index (χ1n) is 5.32. The zero-order valence-corrected chi connectivity index (χ0v) is 9.41. The summed E-state index contributed by atoms with van der Waals surface area (Å²) in [6.07, 6.45) is 0. The van der Waals surface area contributed by atoms with Crippen molar-refractivity contribution in [2.24, 2.45) is 0 Å². The molecule has 0 unspecified atom stereocenters. The molecule has 1 atom stereocenters. The van der Waals surface area contributed by atoms with E-state index in [1.807, 2.05) is 12.1 Å². The lowest BCUT2D eigenvalue weighted by Gasteiger charge is -2.17. The summed E-state index contributed by atoms with van der Waals surface area (Å²) < 4.78 is 10.6. The lowest BCUT2D eigenvalue weighted by atomic mass is 10.1. The van der Waals surface area contributed by atoms with Crippen LogP contribution in [0.3, 0.4) is 0 Å². The Morgan fingerprint density at radius 3 is 2.60 bits per heavy atom. The van der Waals surface area contributed by atoms with Crippen LogP contribution in [-0.4, -0.2) is 12.8 Å². The molecule has 0 bridgehead atoms. The Balaban J connectivity index is 2.15. The fourth-order valence-electron chi connectivity index (χ4n) is 1.78. The van der Waals surface area contributed by atoms with Crippen molar-refractivity contribution >= 4 is 0 Å². The summed E-state index contributed by atoms with van der Waals surface area (Å²) in [6.45, 7) is 6.77. The molecule has 1 aliphatic rings. The van der Waals surface area contributed by atoms with Crippen LogP contribution in [0.25, 0.3) is 0 Å². The van der Waals surface area contributed by atoms with Gasteiger partial charge in [0.2, 0.25) is 6.79 Å². The van der Waals surface area contributed by atoms with E-state index in [0.717, 1.165) is 11.5 Å². The van der Waals surface area contributed by atoms with E-state index < -0.39 is 0 Å². The quantitative estimate of drug-likeness (QED) is 0.826. The molecule has 2 rings (SSSR count). The van der Waals surface area contributed by atoms with E-state index in [0.29, 0.717) is 18.9 Å². The summed E-state index contributed by atoms with van der Waals surface area (Å²) in [5.74, 6) is 1.69. The van der Waals surface area contributed by atoms with Crippen LogP contribution in [0.15, 0.2) is 18.2 Å². The van der Waals surface area contributed by atoms with Crippen molar-refractivity contribution in [3.05, 3.63) is 23.8 Å². The minimum absolute atomic E-state index is 0.333. The van der Waals surface area contributed by atoms with Gasteiger partial charge in [-0.3, -0.25) is 0 Å². The topological polar surface area (TPSA) is 30.5 Å². The molecule has 3 heteroatoms. The van der Waals surface area contributed by atoms with Crippen LogP contribution in [-0.2, 0) is 0 Å². The molecule has 1 aromatic rings. The largest absolute Gasteiger partial charge is 0.454 e. The number of ether oxygens (including phenoxy) is 2. The molecule has 0 fully saturated rings. The second-order valence-electron chi connectivity index (χ2n) is 4.16. The van der Waals surface area contributed by atoms with Gasteiger partial charge in [-0.15, -0.1) is 0 Å². The van der Waals surface area contributed by atoms with E-state index in [9.17, 15) is 0 Å². The van der Waals surface area contributed by atoms with Crippen LogP contribution in [0, 0.1) is 0 Å². The van der Waals surface area contributed by atoms with Gasteiger partial charge in [0.05, 0.1) is 0 Å². The number of benzene rings is 1. The first-order valence-corrected chi connectivity index (χ1v) is 5.32. The average Bonchev–Trinajstić information content (AvgIpc) is 2.62. The minimum Gasteiger partial charge on any atom is -0.454 e. The molecule has 15 heavy (non-hydrogen) atoms. The molecule has 0 aromatic heterocycles. The Morgan fingerprint density at radius 2 is 1.87 bits per heavy atom. The van der Waals surface area contributed by atoms with Gasteiger partial charge < -0.3 is 14.8 Å². The van der Waals surface area contributed by atoms with Crippen molar-refractivity contribution in [3.8, 4) is 11.5 Å². The molecule has 0 aliphatic carbocycles. The van der Waals surface area contributed by atoms with Gasteiger partial charge in [0, 0.05) is 12.1 Å². The van der Waals surface area contributed by atoms with Crippen LogP contribution >= 0.6 is 0 Å². The Hall–Kier alpha value is -1.22. The second kappa shape index (κ2) is 4.11. The highest BCUT2D eigenvalue weighted by Gasteiger charge is 2.15. The van der Waals surface area contributed by atoms with Gasteiger partial charge in [0.15, 0.2) is 11.5 Å². The number of hydrogen-bond acceptors (Lipinski definition) is 3. The van der Waals surface area contributed by atoms with Gasteiger partial charge >= 0.3 is 0 Å². The van der Waals surface area contributed by atoms with E-state index in [-0.39, 0.29) is 0 Å².